The van der Waals surface area contributed by atoms with Gasteiger partial charge in [0.15, 0.2) is 6.61 Å². The normalized spacial score (nSPS) is 10.5. The second-order valence-electron chi connectivity index (χ2n) is 6.03. The molecule has 0 aliphatic rings. The molecule has 0 heterocycles. The molecule has 3 aromatic carbocycles. The third-order valence-electron chi connectivity index (χ3n) is 4.05. The van der Waals surface area contributed by atoms with Gasteiger partial charge in [-0.3, -0.25) is 9.59 Å². The first-order valence-electron chi connectivity index (χ1n) is 8.56. The molecule has 6 heteroatoms. The Labute approximate surface area is 160 Å². The van der Waals surface area contributed by atoms with Crippen molar-refractivity contribution >= 4 is 17.6 Å². The molecule has 0 atom stereocenters. The van der Waals surface area contributed by atoms with Crippen molar-refractivity contribution < 1.29 is 23.1 Å². The molecule has 0 aromatic heterocycles. The highest BCUT2D eigenvalue weighted by atomic mass is 19.1. The second-order valence-corrected chi connectivity index (χ2v) is 6.03. The van der Waals surface area contributed by atoms with Crippen LogP contribution in [0.25, 0.3) is 0 Å². The van der Waals surface area contributed by atoms with Crippen molar-refractivity contribution in [3.8, 4) is 0 Å². The van der Waals surface area contributed by atoms with Crippen LogP contribution in [-0.4, -0.2) is 18.5 Å². The lowest BCUT2D eigenvalue weighted by Gasteiger charge is -2.17. The Kier molecular flexibility index (Phi) is 6.11. The molecule has 0 unspecified atom stereocenters. The number of nitrogens with one attached hydrogen (secondary N) is 1. The van der Waals surface area contributed by atoms with Crippen LogP contribution < -0.4 is 5.32 Å². The molecule has 4 nitrogen and oxygen atoms in total. The standard InChI is InChI=1S/C22H17F2NO3/c23-17-11-12-19(18(24)13-17)25-20(26)14-28-22(27)21(15-7-3-1-4-8-15)16-9-5-2-6-10-16/h1-13,21H,14H2,(H,25,26). The van der Waals surface area contributed by atoms with Crippen molar-refractivity contribution in [3.05, 3.63) is 102 Å². The van der Waals surface area contributed by atoms with Crippen LogP contribution >= 0.6 is 0 Å². The molecule has 28 heavy (non-hydrogen) atoms. The predicted molar refractivity (Wildman–Crippen MR) is 101 cm³/mol. The van der Waals surface area contributed by atoms with E-state index >= 15 is 0 Å². The Hall–Kier alpha value is -3.54. The van der Waals surface area contributed by atoms with Crippen molar-refractivity contribution in [2.24, 2.45) is 0 Å². The summed E-state index contributed by atoms with van der Waals surface area (Å²) in [6.07, 6.45) is 0. The van der Waals surface area contributed by atoms with Gasteiger partial charge < -0.3 is 10.1 Å². The molecule has 0 aliphatic carbocycles. The van der Waals surface area contributed by atoms with Gasteiger partial charge in [-0.1, -0.05) is 60.7 Å². The van der Waals surface area contributed by atoms with Crippen LogP contribution in [0.1, 0.15) is 17.0 Å². The molecule has 142 valence electrons. The molecule has 0 spiro atoms. The largest absolute Gasteiger partial charge is 0.455 e. The Bertz CT molecular complexity index is 923. The van der Waals surface area contributed by atoms with Gasteiger partial charge in [0.05, 0.1) is 5.69 Å². The summed E-state index contributed by atoms with van der Waals surface area (Å²) < 4.78 is 31.7. The van der Waals surface area contributed by atoms with E-state index in [1.165, 1.54) is 0 Å². The summed E-state index contributed by atoms with van der Waals surface area (Å²) in [4.78, 5) is 24.7. The number of rotatable bonds is 6. The molecule has 0 bridgehead atoms. The monoisotopic (exact) mass is 381 g/mol. The number of ether oxygens (including phenoxy) is 1. The number of hydrogen-bond donors (Lipinski definition) is 1. The van der Waals surface area contributed by atoms with Gasteiger partial charge >= 0.3 is 5.97 Å². The van der Waals surface area contributed by atoms with E-state index in [0.717, 1.165) is 23.3 Å². The molecule has 0 aliphatic heterocycles. The minimum Gasteiger partial charge on any atom is -0.455 e. The molecule has 3 aromatic rings. The van der Waals surface area contributed by atoms with E-state index in [4.69, 9.17) is 4.74 Å². The molecule has 1 N–H and O–H groups in total. The van der Waals surface area contributed by atoms with Crippen LogP contribution in [0.15, 0.2) is 78.9 Å². The highest BCUT2D eigenvalue weighted by molar-refractivity contribution is 5.93. The lowest BCUT2D eigenvalue weighted by atomic mass is 9.91. The van der Waals surface area contributed by atoms with E-state index in [-0.39, 0.29) is 5.69 Å². The highest BCUT2D eigenvalue weighted by Crippen LogP contribution is 2.26. The molecule has 0 saturated carbocycles. The van der Waals surface area contributed by atoms with Crippen molar-refractivity contribution in [1.82, 2.24) is 0 Å². The second kappa shape index (κ2) is 8.90. The quantitative estimate of drug-likeness (QED) is 0.649. The average molecular weight is 381 g/mol. The molecule has 3 rings (SSSR count). The lowest BCUT2D eigenvalue weighted by molar-refractivity contribution is -0.147. The number of amides is 1. The van der Waals surface area contributed by atoms with E-state index in [0.29, 0.717) is 6.07 Å². The van der Waals surface area contributed by atoms with Gasteiger partial charge in [0.2, 0.25) is 0 Å². The third-order valence-corrected chi connectivity index (χ3v) is 4.05. The predicted octanol–water partition coefficient (Wildman–Crippen LogP) is 4.28. The SMILES string of the molecule is O=C(COC(=O)C(c1ccccc1)c1ccccc1)Nc1ccc(F)cc1F. The van der Waals surface area contributed by atoms with Gasteiger partial charge in [-0.15, -0.1) is 0 Å². The van der Waals surface area contributed by atoms with Gasteiger partial charge in [-0.25, -0.2) is 8.78 Å². The fourth-order valence-corrected chi connectivity index (χ4v) is 2.75. The number of esters is 1. The summed E-state index contributed by atoms with van der Waals surface area (Å²) in [6.45, 7) is -0.591. The van der Waals surface area contributed by atoms with Crippen LogP contribution in [-0.2, 0) is 14.3 Å². The summed E-state index contributed by atoms with van der Waals surface area (Å²) in [7, 11) is 0. The minimum atomic E-state index is -0.911. The maximum atomic E-state index is 13.6. The summed E-state index contributed by atoms with van der Waals surface area (Å²) in [6, 6.07) is 20.9. The number of benzene rings is 3. The molecular weight excluding hydrogens is 364 g/mol. The highest BCUT2D eigenvalue weighted by Gasteiger charge is 2.25. The number of halogens is 2. The molecule has 0 radical (unpaired) electrons. The first-order valence-corrected chi connectivity index (χ1v) is 8.56. The summed E-state index contributed by atoms with van der Waals surface area (Å²) in [5.41, 5.74) is 1.26. The average Bonchev–Trinajstić information content (AvgIpc) is 2.70. The first-order chi connectivity index (χ1) is 13.5. The van der Waals surface area contributed by atoms with Gasteiger partial charge in [0, 0.05) is 6.07 Å². The number of carbonyl (C=O) groups is 2. The number of anilines is 1. The van der Waals surface area contributed by atoms with Crippen molar-refractivity contribution in [1.29, 1.82) is 0 Å². The molecule has 0 saturated heterocycles. The topological polar surface area (TPSA) is 55.4 Å². The van der Waals surface area contributed by atoms with Gasteiger partial charge in [-0.2, -0.15) is 0 Å². The zero-order valence-electron chi connectivity index (χ0n) is 14.8. The third kappa shape index (κ3) is 4.79. The van der Waals surface area contributed by atoms with Gasteiger partial charge in [0.1, 0.15) is 17.6 Å². The van der Waals surface area contributed by atoms with Crippen LogP contribution in [0.2, 0.25) is 0 Å². The van der Waals surface area contributed by atoms with E-state index < -0.39 is 36.0 Å². The minimum absolute atomic E-state index is 0.190. The molecule has 0 fully saturated rings. The fourth-order valence-electron chi connectivity index (χ4n) is 2.75. The fraction of sp³-hybridized carbons (Fsp3) is 0.0909. The van der Waals surface area contributed by atoms with Crippen molar-refractivity contribution in [2.75, 3.05) is 11.9 Å². The number of carbonyl (C=O) groups excluding carboxylic acids is 2. The van der Waals surface area contributed by atoms with Crippen molar-refractivity contribution in [3.63, 3.8) is 0 Å². The van der Waals surface area contributed by atoms with E-state index in [1.54, 1.807) is 24.3 Å². The van der Waals surface area contributed by atoms with Gasteiger partial charge in [0.25, 0.3) is 5.91 Å². The van der Waals surface area contributed by atoms with E-state index in [2.05, 4.69) is 5.32 Å². The summed E-state index contributed by atoms with van der Waals surface area (Å²) >= 11 is 0. The van der Waals surface area contributed by atoms with Crippen LogP contribution in [0, 0.1) is 11.6 Å². The smallest absolute Gasteiger partial charge is 0.318 e. The summed E-state index contributed by atoms with van der Waals surface area (Å²) in [5.74, 6) is -3.69. The Morgan fingerprint density at radius 2 is 1.43 bits per heavy atom. The van der Waals surface area contributed by atoms with Crippen LogP contribution in [0.4, 0.5) is 14.5 Å². The first kappa shape index (κ1) is 19.2. The Balaban J connectivity index is 1.69. The Morgan fingerprint density at radius 3 is 1.96 bits per heavy atom. The van der Waals surface area contributed by atoms with Crippen LogP contribution in [0.3, 0.4) is 0 Å². The zero-order valence-corrected chi connectivity index (χ0v) is 14.8. The maximum absolute atomic E-state index is 13.6. The van der Waals surface area contributed by atoms with E-state index in [1.807, 2.05) is 36.4 Å². The summed E-state index contributed by atoms with van der Waals surface area (Å²) in [5, 5.41) is 2.25. The lowest BCUT2D eigenvalue weighted by Crippen LogP contribution is -2.25. The van der Waals surface area contributed by atoms with Gasteiger partial charge in [-0.05, 0) is 23.3 Å². The molecular formula is C22H17F2NO3. The Morgan fingerprint density at radius 1 is 0.857 bits per heavy atom. The van der Waals surface area contributed by atoms with Crippen LogP contribution in [0.5, 0.6) is 0 Å². The molecule has 1 amide bonds. The zero-order chi connectivity index (χ0) is 19.9. The van der Waals surface area contributed by atoms with Crippen molar-refractivity contribution in [2.45, 2.75) is 5.92 Å². The maximum Gasteiger partial charge on any atom is 0.318 e. The number of hydrogen-bond acceptors (Lipinski definition) is 3. The van der Waals surface area contributed by atoms with E-state index in [9.17, 15) is 18.4 Å².